The van der Waals surface area contributed by atoms with E-state index in [2.05, 4.69) is 10.3 Å². The first kappa shape index (κ1) is 13.1. The van der Waals surface area contributed by atoms with Crippen molar-refractivity contribution < 1.29 is 14.8 Å². The third kappa shape index (κ3) is 5.21. The van der Waals surface area contributed by atoms with Crippen molar-refractivity contribution >= 4 is 0 Å². The fourth-order valence-corrected chi connectivity index (χ4v) is 1.46. The number of nitrogens with zero attached hydrogens (tertiary/aromatic N) is 1. The highest BCUT2D eigenvalue weighted by Crippen LogP contribution is 1.93. The molecule has 1 rings (SSSR count). The van der Waals surface area contributed by atoms with Gasteiger partial charge in [-0.1, -0.05) is 0 Å². The van der Waals surface area contributed by atoms with Crippen LogP contribution in [0.3, 0.4) is 0 Å². The molecular formula is C12H21N2O2+. The molecule has 0 spiro atoms. The lowest BCUT2D eigenvalue weighted by Gasteiger charge is -2.15. The van der Waals surface area contributed by atoms with Crippen molar-refractivity contribution in [3.63, 3.8) is 0 Å². The van der Waals surface area contributed by atoms with Crippen molar-refractivity contribution in [2.75, 3.05) is 19.8 Å². The average Bonchev–Trinajstić information content (AvgIpc) is 2.31. The van der Waals surface area contributed by atoms with Crippen LogP contribution in [0, 0.1) is 0 Å². The fourth-order valence-electron chi connectivity index (χ4n) is 1.46. The maximum Gasteiger partial charge on any atom is 0.207 e. The Bertz CT molecular complexity index is 261. The number of nitrogens with two attached hydrogens (primary N) is 1. The molecule has 4 nitrogen and oxygen atoms in total. The number of aromatic nitrogens is 1. The first-order valence-electron chi connectivity index (χ1n) is 5.80. The van der Waals surface area contributed by atoms with E-state index in [1.165, 1.54) is 5.56 Å². The molecule has 0 unspecified atom stereocenters. The zero-order chi connectivity index (χ0) is 11.6. The van der Waals surface area contributed by atoms with Crippen molar-refractivity contribution in [3.8, 4) is 0 Å². The van der Waals surface area contributed by atoms with Gasteiger partial charge in [-0.2, -0.15) is 0 Å². The van der Waals surface area contributed by atoms with E-state index in [-0.39, 0.29) is 6.29 Å². The minimum Gasteiger partial charge on any atom is -0.348 e. The number of quaternary nitrogens is 1. The standard InChI is InChI=1S/C12H20N2O2/c1-3-15-12(16-4-2)10-14-9-11-5-7-13-8-6-11/h5-8,12,14H,3-4,9-10H2,1-2H3/p+1. The SMILES string of the molecule is CCOC(C[NH2+]Cc1ccncc1)OCC. The summed E-state index contributed by atoms with van der Waals surface area (Å²) in [4.78, 5) is 3.98. The number of hydrogen-bond donors (Lipinski definition) is 1. The minimum absolute atomic E-state index is 0.100. The molecule has 1 aromatic rings. The van der Waals surface area contributed by atoms with Crippen LogP contribution in [0.5, 0.6) is 0 Å². The average molecular weight is 225 g/mol. The maximum absolute atomic E-state index is 5.45. The highest BCUT2D eigenvalue weighted by Gasteiger charge is 2.09. The summed E-state index contributed by atoms with van der Waals surface area (Å²) in [6.45, 7) is 7.09. The zero-order valence-corrected chi connectivity index (χ0v) is 10.1. The van der Waals surface area contributed by atoms with Gasteiger partial charge in [0.2, 0.25) is 6.29 Å². The van der Waals surface area contributed by atoms with Crippen LogP contribution in [-0.2, 0) is 16.0 Å². The Balaban J connectivity index is 2.22. The molecule has 4 heteroatoms. The fraction of sp³-hybridized carbons (Fsp3) is 0.583. The van der Waals surface area contributed by atoms with Gasteiger partial charge in [0.05, 0.1) is 0 Å². The van der Waals surface area contributed by atoms with Gasteiger partial charge < -0.3 is 14.8 Å². The van der Waals surface area contributed by atoms with Gasteiger partial charge >= 0.3 is 0 Å². The molecule has 0 saturated carbocycles. The Morgan fingerprint density at radius 3 is 2.38 bits per heavy atom. The van der Waals surface area contributed by atoms with Crippen LogP contribution in [-0.4, -0.2) is 31.0 Å². The second kappa shape index (κ2) is 8.21. The van der Waals surface area contributed by atoms with Crippen molar-refractivity contribution in [2.45, 2.75) is 26.7 Å². The van der Waals surface area contributed by atoms with Crippen molar-refractivity contribution in [3.05, 3.63) is 30.1 Å². The van der Waals surface area contributed by atoms with E-state index in [1.807, 2.05) is 38.4 Å². The Hall–Kier alpha value is -0.970. The summed E-state index contributed by atoms with van der Waals surface area (Å²) in [5.74, 6) is 0. The monoisotopic (exact) mass is 225 g/mol. The summed E-state index contributed by atoms with van der Waals surface area (Å²) in [5.41, 5.74) is 1.27. The summed E-state index contributed by atoms with van der Waals surface area (Å²) < 4.78 is 10.9. The quantitative estimate of drug-likeness (QED) is 0.657. The topological polar surface area (TPSA) is 48.0 Å². The summed E-state index contributed by atoms with van der Waals surface area (Å²) in [6, 6.07) is 4.04. The van der Waals surface area contributed by atoms with Crippen LogP contribution in [0.4, 0.5) is 0 Å². The minimum atomic E-state index is -0.100. The Labute approximate surface area is 97.0 Å². The Morgan fingerprint density at radius 2 is 1.81 bits per heavy atom. The first-order chi connectivity index (χ1) is 7.86. The Morgan fingerprint density at radius 1 is 1.19 bits per heavy atom. The van der Waals surface area contributed by atoms with Crippen molar-refractivity contribution in [1.29, 1.82) is 0 Å². The van der Waals surface area contributed by atoms with Gasteiger partial charge in [0.1, 0.15) is 13.1 Å². The number of pyridine rings is 1. The van der Waals surface area contributed by atoms with Gasteiger partial charge in [-0.3, -0.25) is 4.98 Å². The highest BCUT2D eigenvalue weighted by atomic mass is 16.7. The van der Waals surface area contributed by atoms with E-state index in [9.17, 15) is 0 Å². The first-order valence-corrected chi connectivity index (χ1v) is 5.80. The second-order valence-electron chi connectivity index (χ2n) is 3.42. The van der Waals surface area contributed by atoms with Crippen LogP contribution in [0.25, 0.3) is 0 Å². The lowest BCUT2D eigenvalue weighted by molar-refractivity contribution is -0.683. The molecule has 90 valence electrons. The predicted octanol–water partition coefficient (Wildman–Crippen LogP) is 0.544. The third-order valence-electron chi connectivity index (χ3n) is 2.19. The van der Waals surface area contributed by atoms with E-state index >= 15 is 0 Å². The lowest BCUT2D eigenvalue weighted by Crippen LogP contribution is -2.85. The van der Waals surface area contributed by atoms with Crippen LogP contribution in [0.2, 0.25) is 0 Å². The van der Waals surface area contributed by atoms with E-state index < -0.39 is 0 Å². The van der Waals surface area contributed by atoms with Gasteiger partial charge in [-0.25, -0.2) is 0 Å². The van der Waals surface area contributed by atoms with E-state index in [4.69, 9.17) is 9.47 Å². The Kier molecular flexibility index (Phi) is 6.72. The predicted molar refractivity (Wildman–Crippen MR) is 61.8 cm³/mol. The van der Waals surface area contributed by atoms with Crippen LogP contribution in [0.15, 0.2) is 24.5 Å². The molecule has 1 aromatic heterocycles. The van der Waals surface area contributed by atoms with E-state index in [1.54, 1.807) is 0 Å². The largest absolute Gasteiger partial charge is 0.348 e. The molecular weight excluding hydrogens is 204 g/mol. The molecule has 0 aliphatic carbocycles. The number of hydrogen-bond acceptors (Lipinski definition) is 3. The van der Waals surface area contributed by atoms with Gasteiger partial charge in [-0.15, -0.1) is 0 Å². The van der Waals surface area contributed by atoms with Crippen LogP contribution < -0.4 is 5.32 Å². The van der Waals surface area contributed by atoms with Crippen LogP contribution in [0.1, 0.15) is 19.4 Å². The van der Waals surface area contributed by atoms with Gasteiger partial charge in [0, 0.05) is 31.2 Å². The highest BCUT2D eigenvalue weighted by molar-refractivity contribution is 5.07. The third-order valence-corrected chi connectivity index (χ3v) is 2.19. The maximum atomic E-state index is 5.45. The van der Waals surface area contributed by atoms with Gasteiger partial charge in [0.15, 0.2) is 0 Å². The smallest absolute Gasteiger partial charge is 0.207 e. The molecule has 0 aliphatic rings. The molecule has 0 radical (unpaired) electrons. The molecule has 1 heterocycles. The van der Waals surface area contributed by atoms with Gasteiger partial charge in [0.25, 0.3) is 0 Å². The van der Waals surface area contributed by atoms with E-state index in [0.717, 1.165) is 13.1 Å². The lowest BCUT2D eigenvalue weighted by atomic mass is 10.3. The number of ether oxygens (including phenoxy) is 2. The molecule has 0 bridgehead atoms. The summed E-state index contributed by atoms with van der Waals surface area (Å²) in [7, 11) is 0. The normalized spacial score (nSPS) is 10.9. The summed E-state index contributed by atoms with van der Waals surface area (Å²) in [6.07, 6.45) is 3.52. The second-order valence-corrected chi connectivity index (χ2v) is 3.42. The number of rotatable bonds is 8. The molecule has 16 heavy (non-hydrogen) atoms. The molecule has 2 N–H and O–H groups in total. The van der Waals surface area contributed by atoms with Crippen molar-refractivity contribution in [1.82, 2.24) is 4.98 Å². The summed E-state index contributed by atoms with van der Waals surface area (Å²) >= 11 is 0. The molecule has 0 saturated heterocycles. The molecule has 0 aliphatic heterocycles. The van der Waals surface area contributed by atoms with Gasteiger partial charge in [-0.05, 0) is 26.0 Å². The van der Waals surface area contributed by atoms with Crippen molar-refractivity contribution in [2.24, 2.45) is 0 Å². The summed E-state index contributed by atoms with van der Waals surface area (Å²) in [5, 5.41) is 2.19. The molecule has 0 fully saturated rings. The van der Waals surface area contributed by atoms with E-state index in [0.29, 0.717) is 13.2 Å². The molecule has 0 aromatic carbocycles. The van der Waals surface area contributed by atoms with Crippen LogP contribution >= 0.6 is 0 Å². The zero-order valence-electron chi connectivity index (χ0n) is 10.1. The molecule has 0 atom stereocenters. The molecule has 0 amide bonds.